The van der Waals surface area contributed by atoms with Crippen LogP contribution in [0.2, 0.25) is 0 Å². The van der Waals surface area contributed by atoms with Crippen LogP contribution in [-0.2, 0) is 16.1 Å². The van der Waals surface area contributed by atoms with E-state index in [1.807, 2.05) is 0 Å². The number of benzene rings is 1. The first-order chi connectivity index (χ1) is 9.70. The van der Waals surface area contributed by atoms with Gasteiger partial charge < -0.3 is 10.1 Å². The van der Waals surface area contributed by atoms with Crippen LogP contribution in [0.1, 0.15) is 12.5 Å². The van der Waals surface area contributed by atoms with Gasteiger partial charge in [-0.15, -0.1) is 0 Å². The van der Waals surface area contributed by atoms with Crippen molar-refractivity contribution in [1.82, 2.24) is 5.32 Å². The molecule has 1 atom stereocenters. The Morgan fingerprint density at radius 3 is 2.29 bits per heavy atom. The second-order valence-corrected chi connectivity index (χ2v) is 4.93. The van der Waals surface area contributed by atoms with Crippen molar-refractivity contribution in [3.8, 4) is 0 Å². The quantitative estimate of drug-likeness (QED) is 0.813. The maximum absolute atomic E-state index is 13.0. The first-order valence-electron chi connectivity index (χ1n) is 5.85. The lowest BCUT2D eigenvalue weighted by Crippen LogP contribution is -2.62. The summed E-state index contributed by atoms with van der Waals surface area (Å²) in [6.07, 6.45) is -6.24. The maximum Gasteiger partial charge on any atom is 0.418 e. The van der Waals surface area contributed by atoms with Gasteiger partial charge in [0, 0.05) is 0 Å². The molecule has 1 aromatic rings. The molecular formula is C13H13BrF3NO3. The lowest BCUT2D eigenvalue weighted by atomic mass is 9.97. The average molecular weight is 368 g/mol. The highest BCUT2D eigenvalue weighted by molar-refractivity contribution is 9.09. The van der Waals surface area contributed by atoms with Gasteiger partial charge >= 0.3 is 12.3 Å². The monoisotopic (exact) mass is 367 g/mol. The summed E-state index contributed by atoms with van der Waals surface area (Å²) in [5.74, 6) is -1.22. The number of alkyl carbamates (subject to hydrolysis) is 1. The third kappa shape index (κ3) is 4.45. The molecule has 0 spiro atoms. The summed E-state index contributed by atoms with van der Waals surface area (Å²) in [4.78, 5) is 23.0. The first kappa shape index (κ1) is 17.5. The van der Waals surface area contributed by atoms with Crippen molar-refractivity contribution in [3.05, 3.63) is 35.9 Å². The van der Waals surface area contributed by atoms with E-state index in [4.69, 9.17) is 4.74 Å². The Morgan fingerprint density at radius 1 is 1.24 bits per heavy atom. The zero-order valence-electron chi connectivity index (χ0n) is 11.0. The molecule has 1 aromatic carbocycles. The molecule has 1 amide bonds. The topological polar surface area (TPSA) is 55.4 Å². The smallest absolute Gasteiger partial charge is 0.418 e. The van der Waals surface area contributed by atoms with E-state index in [0.29, 0.717) is 12.5 Å². The van der Waals surface area contributed by atoms with Crippen molar-refractivity contribution in [1.29, 1.82) is 0 Å². The Morgan fingerprint density at radius 2 is 1.81 bits per heavy atom. The molecule has 116 valence electrons. The van der Waals surface area contributed by atoms with Crippen molar-refractivity contribution >= 4 is 27.8 Å². The summed E-state index contributed by atoms with van der Waals surface area (Å²) in [5.41, 5.74) is -2.38. The van der Waals surface area contributed by atoms with Crippen LogP contribution in [0.15, 0.2) is 30.3 Å². The minimum atomic E-state index is -4.93. The van der Waals surface area contributed by atoms with Crippen molar-refractivity contribution in [2.75, 3.05) is 5.33 Å². The number of rotatable bonds is 5. The van der Waals surface area contributed by atoms with Gasteiger partial charge in [0.05, 0.1) is 5.33 Å². The number of ketones is 1. The van der Waals surface area contributed by atoms with Crippen LogP contribution >= 0.6 is 15.9 Å². The Kier molecular flexibility index (Phi) is 5.77. The normalized spacial score (nSPS) is 14.1. The lowest BCUT2D eigenvalue weighted by Gasteiger charge is -2.30. The molecule has 0 fully saturated rings. The van der Waals surface area contributed by atoms with Gasteiger partial charge in [0.15, 0.2) is 11.3 Å². The SMILES string of the molecule is CC(NC(=O)OCc1ccccc1)(C(=O)CBr)C(F)(F)F. The van der Waals surface area contributed by atoms with Crippen molar-refractivity contribution in [2.45, 2.75) is 25.2 Å². The fourth-order valence-electron chi connectivity index (χ4n) is 1.40. The number of ether oxygens (including phenoxy) is 1. The number of nitrogens with one attached hydrogen (secondary N) is 1. The summed E-state index contributed by atoms with van der Waals surface area (Å²) < 4.78 is 43.6. The van der Waals surface area contributed by atoms with E-state index in [0.717, 1.165) is 0 Å². The third-order valence-corrected chi connectivity index (χ3v) is 3.32. The summed E-state index contributed by atoms with van der Waals surface area (Å²) in [6, 6.07) is 8.45. The van der Waals surface area contributed by atoms with E-state index in [1.165, 1.54) is 0 Å². The Labute approximate surface area is 127 Å². The highest BCUT2D eigenvalue weighted by Gasteiger charge is 2.57. The van der Waals surface area contributed by atoms with Crippen molar-refractivity contribution in [2.24, 2.45) is 0 Å². The molecule has 1 rings (SSSR count). The molecule has 4 nitrogen and oxygen atoms in total. The number of halogens is 4. The van der Waals surface area contributed by atoms with Crippen LogP contribution in [0.4, 0.5) is 18.0 Å². The van der Waals surface area contributed by atoms with Gasteiger partial charge in [-0.25, -0.2) is 4.79 Å². The number of alkyl halides is 4. The zero-order chi connectivity index (χ0) is 16.1. The fraction of sp³-hybridized carbons (Fsp3) is 0.385. The van der Waals surface area contributed by atoms with Crippen LogP contribution in [0.5, 0.6) is 0 Å². The van der Waals surface area contributed by atoms with Crippen LogP contribution in [0.25, 0.3) is 0 Å². The van der Waals surface area contributed by atoms with Crippen LogP contribution in [-0.4, -0.2) is 28.9 Å². The van der Waals surface area contributed by atoms with Crippen molar-refractivity contribution < 1.29 is 27.5 Å². The number of amides is 1. The summed E-state index contributed by atoms with van der Waals surface area (Å²) >= 11 is 2.67. The summed E-state index contributed by atoms with van der Waals surface area (Å²) in [5, 5.41) is 1.05. The molecular weight excluding hydrogens is 355 g/mol. The van der Waals surface area contributed by atoms with E-state index < -0.39 is 28.9 Å². The predicted octanol–water partition coefficient (Wildman–Crippen LogP) is 3.20. The highest BCUT2D eigenvalue weighted by Crippen LogP contribution is 2.31. The minimum absolute atomic E-state index is 0.191. The molecule has 21 heavy (non-hydrogen) atoms. The van der Waals surface area contributed by atoms with E-state index in [2.05, 4.69) is 15.9 Å². The Bertz CT molecular complexity index is 507. The molecule has 0 aliphatic rings. The highest BCUT2D eigenvalue weighted by atomic mass is 79.9. The average Bonchev–Trinajstić information content (AvgIpc) is 2.44. The van der Waals surface area contributed by atoms with Crippen molar-refractivity contribution in [3.63, 3.8) is 0 Å². The second-order valence-electron chi connectivity index (χ2n) is 4.37. The lowest BCUT2D eigenvalue weighted by molar-refractivity contribution is -0.191. The number of Topliss-reactive ketones (excluding diaryl/α,β-unsaturated/α-hetero) is 1. The Hall–Kier alpha value is -1.57. The first-order valence-corrected chi connectivity index (χ1v) is 6.97. The van der Waals surface area contributed by atoms with Gasteiger partial charge in [0.25, 0.3) is 0 Å². The molecule has 8 heteroatoms. The van der Waals surface area contributed by atoms with E-state index in [9.17, 15) is 22.8 Å². The van der Waals surface area contributed by atoms with Gasteiger partial charge in [-0.3, -0.25) is 4.79 Å². The molecule has 0 bridgehead atoms. The van der Waals surface area contributed by atoms with Gasteiger partial charge in [-0.05, 0) is 12.5 Å². The summed E-state index contributed by atoms with van der Waals surface area (Å²) in [7, 11) is 0. The molecule has 0 saturated heterocycles. The molecule has 0 radical (unpaired) electrons. The predicted molar refractivity (Wildman–Crippen MR) is 73.0 cm³/mol. The van der Waals surface area contributed by atoms with E-state index in [1.54, 1.807) is 35.6 Å². The van der Waals surface area contributed by atoms with Gasteiger partial charge in [0.2, 0.25) is 0 Å². The zero-order valence-corrected chi connectivity index (χ0v) is 12.6. The molecule has 0 heterocycles. The molecule has 1 N–H and O–H groups in total. The van der Waals surface area contributed by atoms with E-state index >= 15 is 0 Å². The number of carbonyl (C=O) groups is 2. The third-order valence-electron chi connectivity index (χ3n) is 2.81. The standard InChI is InChI=1S/C13H13BrF3NO3/c1-12(10(19)7-14,13(15,16)17)18-11(20)21-8-9-5-3-2-4-6-9/h2-6H,7-8H2,1H3,(H,18,20). The number of carbonyl (C=O) groups excluding carboxylic acids is 2. The Balaban J connectivity index is 2.72. The second kappa shape index (κ2) is 6.93. The van der Waals surface area contributed by atoms with Gasteiger partial charge in [-0.1, -0.05) is 46.3 Å². The molecule has 1 unspecified atom stereocenters. The fourth-order valence-corrected chi connectivity index (χ4v) is 1.96. The van der Waals surface area contributed by atoms with Gasteiger partial charge in [-0.2, -0.15) is 13.2 Å². The van der Waals surface area contributed by atoms with Crippen LogP contribution in [0.3, 0.4) is 0 Å². The molecule has 0 aliphatic carbocycles. The summed E-state index contributed by atoms with van der Waals surface area (Å²) in [6.45, 7) is 0.406. The number of hydrogen-bond donors (Lipinski definition) is 1. The van der Waals surface area contributed by atoms with Crippen LogP contribution in [0, 0.1) is 0 Å². The molecule has 0 saturated carbocycles. The van der Waals surface area contributed by atoms with Gasteiger partial charge in [0.1, 0.15) is 6.61 Å². The molecule has 0 aromatic heterocycles. The number of hydrogen-bond acceptors (Lipinski definition) is 3. The largest absolute Gasteiger partial charge is 0.445 e. The minimum Gasteiger partial charge on any atom is -0.445 e. The van der Waals surface area contributed by atoms with Crippen LogP contribution < -0.4 is 5.32 Å². The van der Waals surface area contributed by atoms with E-state index in [-0.39, 0.29) is 6.61 Å². The maximum atomic E-state index is 13.0. The molecule has 0 aliphatic heterocycles.